The first-order valence-electron chi connectivity index (χ1n) is 5.40. The smallest absolute Gasteiger partial charge is 0.337 e. The zero-order valence-electron chi connectivity index (χ0n) is 9.75. The largest absolute Gasteiger partial charge is 0.480 e. The van der Waals surface area contributed by atoms with E-state index in [4.69, 9.17) is 5.11 Å². The standard InChI is InChI=1S/C12H13NO4S/c1-17-12(16)8-4-2-7(3-5-8)10-13-9(6-18-10)11(14)15/h2-5,9-10,13H,6H2,1H3,(H,14,15)/t9-,10+/m0/s1. The molecule has 1 aromatic carbocycles. The molecule has 1 heterocycles. The summed E-state index contributed by atoms with van der Waals surface area (Å²) in [6, 6.07) is 6.46. The van der Waals surface area contributed by atoms with Crippen LogP contribution in [0.25, 0.3) is 0 Å². The number of hydrogen-bond acceptors (Lipinski definition) is 5. The zero-order chi connectivity index (χ0) is 13.1. The molecule has 1 fully saturated rings. The predicted molar refractivity (Wildman–Crippen MR) is 67.5 cm³/mol. The quantitative estimate of drug-likeness (QED) is 0.803. The van der Waals surface area contributed by atoms with Crippen molar-refractivity contribution in [2.24, 2.45) is 0 Å². The maximum atomic E-state index is 11.3. The van der Waals surface area contributed by atoms with Crippen LogP contribution in [-0.4, -0.2) is 35.9 Å². The lowest BCUT2D eigenvalue weighted by Crippen LogP contribution is -2.33. The van der Waals surface area contributed by atoms with Crippen molar-refractivity contribution in [3.63, 3.8) is 0 Å². The number of carboxylic acid groups (broad SMARTS) is 1. The summed E-state index contributed by atoms with van der Waals surface area (Å²) in [6.45, 7) is 0. The van der Waals surface area contributed by atoms with Gasteiger partial charge in [0.15, 0.2) is 0 Å². The molecule has 1 aliphatic heterocycles. The molecule has 2 atom stereocenters. The van der Waals surface area contributed by atoms with Gasteiger partial charge >= 0.3 is 11.9 Å². The highest BCUT2D eigenvalue weighted by atomic mass is 32.2. The van der Waals surface area contributed by atoms with Gasteiger partial charge in [-0.25, -0.2) is 4.79 Å². The summed E-state index contributed by atoms with van der Waals surface area (Å²) in [5, 5.41) is 11.9. The minimum absolute atomic E-state index is 0.0437. The van der Waals surface area contributed by atoms with Crippen LogP contribution in [0.15, 0.2) is 24.3 Å². The van der Waals surface area contributed by atoms with Gasteiger partial charge in [-0.2, -0.15) is 0 Å². The highest BCUT2D eigenvalue weighted by Gasteiger charge is 2.30. The molecule has 1 aromatic rings. The number of carbonyl (C=O) groups excluding carboxylic acids is 1. The average Bonchev–Trinajstić information content (AvgIpc) is 2.88. The van der Waals surface area contributed by atoms with E-state index < -0.39 is 12.0 Å². The first-order chi connectivity index (χ1) is 8.61. The Morgan fingerprint density at radius 1 is 1.39 bits per heavy atom. The Labute approximate surface area is 109 Å². The van der Waals surface area contributed by atoms with Gasteiger partial charge in [-0.05, 0) is 17.7 Å². The molecular weight excluding hydrogens is 254 g/mol. The van der Waals surface area contributed by atoms with Crippen molar-refractivity contribution < 1.29 is 19.4 Å². The summed E-state index contributed by atoms with van der Waals surface area (Å²) in [6.07, 6.45) is 0. The van der Waals surface area contributed by atoms with Gasteiger partial charge in [0.25, 0.3) is 0 Å². The fourth-order valence-electron chi connectivity index (χ4n) is 1.72. The second-order valence-corrected chi connectivity index (χ2v) is 5.02. The normalized spacial score (nSPS) is 22.7. The number of aliphatic carboxylic acids is 1. The summed E-state index contributed by atoms with van der Waals surface area (Å²) in [5.74, 6) is -0.674. The molecule has 2 N–H and O–H groups in total. The predicted octanol–water partition coefficient (Wildman–Crippen LogP) is 1.26. The molecule has 1 aliphatic rings. The summed E-state index contributed by atoms with van der Waals surface area (Å²) in [5.41, 5.74) is 1.44. The van der Waals surface area contributed by atoms with Gasteiger partial charge in [0.2, 0.25) is 0 Å². The molecule has 0 saturated carbocycles. The SMILES string of the molecule is COC(=O)c1ccc([C@@H]2N[C@H](C(=O)O)CS2)cc1. The number of nitrogens with one attached hydrogen (secondary N) is 1. The van der Waals surface area contributed by atoms with Gasteiger partial charge in [0, 0.05) is 5.75 Å². The first kappa shape index (κ1) is 12.9. The molecule has 0 unspecified atom stereocenters. The van der Waals surface area contributed by atoms with Crippen LogP contribution in [0.1, 0.15) is 21.3 Å². The molecule has 0 spiro atoms. The lowest BCUT2D eigenvalue weighted by molar-refractivity contribution is -0.138. The first-order valence-corrected chi connectivity index (χ1v) is 6.45. The van der Waals surface area contributed by atoms with E-state index in [1.807, 2.05) is 0 Å². The minimum atomic E-state index is -0.837. The highest BCUT2D eigenvalue weighted by molar-refractivity contribution is 7.99. The minimum Gasteiger partial charge on any atom is -0.480 e. The number of carboxylic acids is 1. The Hall–Kier alpha value is -1.53. The summed E-state index contributed by atoms with van der Waals surface area (Å²) in [7, 11) is 1.34. The van der Waals surface area contributed by atoms with Crippen LogP contribution in [0.3, 0.4) is 0 Å². The van der Waals surface area contributed by atoms with Crippen molar-refractivity contribution in [2.75, 3.05) is 12.9 Å². The molecule has 0 radical (unpaired) electrons. The maximum absolute atomic E-state index is 11.3. The van der Waals surface area contributed by atoms with Gasteiger partial charge in [-0.15, -0.1) is 11.8 Å². The van der Waals surface area contributed by atoms with E-state index >= 15 is 0 Å². The monoisotopic (exact) mass is 267 g/mol. The van der Waals surface area contributed by atoms with Crippen molar-refractivity contribution in [2.45, 2.75) is 11.4 Å². The van der Waals surface area contributed by atoms with Crippen LogP contribution in [0, 0.1) is 0 Å². The third kappa shape index (κ3) is 2.65. The fourth-order valence-corrected chi connectivity index (χ4v) is 2.95. The van der Waals surface area contributed by atoms with E-state index in [0.717, 1.165) is 5.56 Å². The number of methoxy groups -OCH3 is 1. The summed E-state index contributed by atoms with van der Waals surface area (Å²) >= 11 is 1.54. The van der Waals surface area contributed by atoms with Gasteiger partial charge in [0.1, 0.15) is 6.04 Å². The summed E-state index contributed by atoms with van der Waals surface area (Å²) in [4.78, 5) is 22.1. The molecule has 96 valence electrons. The second kappa shape index (κ2) is 5.41. The van der Waals surface area contributed by atoms with Gasteiger partial charge in [-0.3, -0.25) is 10.1 Å². The molecule has 1 saturated heterocycles. The Morgan fingerprint density at radius 3 is 2.56 bits per heavy atom. The van der Waals surface area contributed by atoms with E-state index in [2.05, 4.69) is 10.1 Å². The van der Waals surface area contributed by atoms with Crippen LogP contribution in [0.4, 0.5) is 0 Å². The maximum Gasteiger partial charge on any atom is 0.337 e. The number of hydrogen-bond donors (Lipinski definition) is 2. The Bertz CT molecular complexity index is 460. The number of rotatable bonds is 3. The van der Waals surface area contributed by atoms with Crippen LogP contribution >= 0.6 is 11.8 Å². The van der Waals surface area contributed by atoms with Gasteiger partial charge < -0.3 is 9.84 Å². The molecular formula is C12H13NO4S. The summed E-state index contributed by atoms with van der Waals surface area (Å²) < 4.78 is 4.61. The van der Waals surface area contributed by atoms with Crippen LogP contribution in [-0.2, 0) is 9.53 Å². The average molecular weight is 267 g/mol. The van der Waals surface area contributed by atoms with E-state index in [9.17, 15) is 9.59 Å². The van der Waals surface area contributed by atoms with E-state index in [-0.39, 0.29) is 11.3 Å². The van der Waals surface area contributed by atoms with Crippen molar-refractivity contribution in [1.29, 1.82) is 0 Å². The molecule has 0 aromatic heterocycles. The lowest BCUT2D eigenvalue weighted by atomic mass is 10.1. The Kier molecular flexibility index (Phi) is 3.88. The molecule has 18 heavy (non-hydrogen) atoms. The van der Waals surface area contributed by atoms with E-state index in [1.54, 1.807) is 36.0 Å². The number of esters is 1. The van der Waals surface area contributed by atoms with Crippen molar-refractivity contribution in [3.8, 4) is 0 Å². The number of carbonyl (C=O) groups is 2. The Balaban J connectivity index is 2.07. The van der Waals surface area contributed by atoms with Gasteiger partial charge in [0.05, 0.1) is 18.0 Å². The van der Waals surface area contributed by atoms with E-state index in [0.29, 0.717) is 11.3 Å². The third-order valence-electron chi connectivity index (χ3n) is 2.71. The number of benzene rings is 1. The van der Waals surface area contributed by atoms with Crippen molar-refractivity contribution in [1.82, 2.24) is 5.32 Å². The molecule has 5 nitrogen and oxygen atoms in total. The highest BCUT2D eigenvalue weighted by Crippen LogP contribution is 2.32. The molecule has 0 amide bonds. The van der Waals surface area contributed by atoms with Crippen LogP contribution < -0.4 is 5.32 Å². The van der Waals surface area contributed by atoms with Crippen molar-refractivity contribution in [3.05, 3.63) is 35.4 Å². The molecule has 0 bridgehead atoms. The Morgan fingerprint density at radius 2 is 2.06 bits per heavy atom. The second-order valence-electron chi connectivity index (χ2n) is 3.88. The third-order valence-corrected chi connectivity index (χ3v) is 3.98. The van der Waals surface area contributed by atoms with Gasteiger partial charge in [-0.1, -0.05) is 12.1 Å². The number of ether oxygens (including phenoxy) is 1. The molecule has 6 heteroatoms. The molecule has 2 rings (SSSR count). The molecule has 0 aliphatic carbocycles. The fraction of sp³-hybridized carbons (Fsp3) is 0.333. The lowest BCUT2D eigenvalue weighted by Gasteiger charge is -2.11. The van der Waals surface area contributed by atoms with Crippen LogP contribution in [0.2, 0.25) is 0 Å². The van der Waals surface area contributed by atoms with E-state index in [1.165, 1.54) is 7.11 Å². The van der Waals surface area contributed by atoms with Crippen molar-refractivity contribution >= 4 is 23.7 Å². The zero-order valence-corrected chi connectivity index (χ0v) is 10.6. The number of thioether (sulfide) groups is 1. The van der Waals surface area contributed by atoms with Crippen LogP contribution in [0.5, 0.6) is 0 Å². The topological polar surface area (TPSA) is 75.6 Å².